The zero-order chi connectivity index (χ0) is 17.3. The molecule has 1 aliphatic carbocycles. The second kappa shape index (κ2) is 11.7. The van der Waals surface area contributed by atoms with Gasteiger partial charge in [-0.25, -0.2) is 4.99 Å². The molecule has 0 aromatic carbocycles. The molecule has 6 nitrogen and oxygen atoms in total. The van der Waals surface area contributed by atoms with Gasteiger partial charge in [0.15, 0.2) is 5.96 Å². The molecular formula is C18H34IN5O. The number of halogens is 1. The lowest BCUT2D eigenvalue weighted by Crippen LogP contribution is -2.43. The van der Waals surface area contributed by atoms with Crippen LogP contribution < -0.4 is 10.6 Å². The standard InChI is InChI=1S/C18H33N5O.HI/c1-4-19-17(20-14-16-8-12-22-23(16)3)21-15-18(9-6-7-10-18)11-13-24-5-2;/h8,12H,4-7,9-11,13-15H2,1-3H3,(H2,19,20,21);1H. The molecule has 2 rings (SSSR count). The van der Waals surface area contributed by atoms with Crippen LogP contribution in [0.1, 0.15) is 51.6 Å². The fourth-order valence-electron chi connectivity index (χ4n) is 3.40. The van der Waals surface area contributed by atoms with Crippen molar-refractivity contribution in [3.63, 3.8) is 0 Å². The van der Waals surface area contributed by atoms with Crippen LogP contribution in [0.3, 0.4) is 0 Å². The number of nitrogens with one attached hydrogen (secondary N) is 2. The molecule has 1 saturated carbocycles. The predicted octanol–water partition coefficient (Wildman–Crippen LogP) is 3.08. The summed E-state index contributed by atoms with van der Waals surface area (Å²) in [5.41, 5.74) is 1.47. The van der Waals surface area contributed by atoms with Crippen LogP contribution >= 0.6 is 24.0 Å². The largest absolute Gasteiger partial charge is 0.382 e. The van der Waals surface area contributed by atoms with E-state index in [1.165, 1.54) is 25.7 Å². The van der Waals surface area contributed by atoms with Gasteiger partial charge in [0.1, 0.15) is 0 Å². The molecule has 0 bridgehead atoms. The highest BCUT2D eigenvalue weighted by molar-refractivity contribution is 14.0. The third kappa shape index (κ3) is 7.13. The van der Waals surface area contributed by atoms with E-state index >= 15 is 0 Å². The molecular weight excluding hydrogens is 429 g/mol. The monoisotopic (exact) mass is 463 g/mol. The summed E-state index contributed by atoms with van der Waals surface area (Å²) in [6.07, 6.45) is 8.18. The van der Waals surface area contributed by atoms with Crippen molar-refractivity contribution in [3.8, 4) is 0 Å². The number of hydrogen-bond donors (Lipinski definition) is 2. The van der Waals surface area contributed by atoms with Gasteiger partial charge in [-0.05, 0) is 44.6 Å². The highest BCUT2D eigenvalue weighted by Crippen LogP contribution is 2.40. The van der Waals surface area contributed by atoms with Gasteiger partial charge < -0.3 is 15.4 Å². The van der Waals surface area contributed by atoms with Crippen LogP contribution in [0.5, 0.6) is 0 Å². The minimum Gasteiger partial charge on any atom is -0.382 e. The summed E-state index contributed by atoms with van der Waals surface area (Å²) in [6, 6.07) is 2.01. The van der Waals surface area contributed by atoms with Crippen molar-refractivity contribution in [1.82, 2.24) is 20.4 Å². The van der Waals surface area contributed by atoms with Gasteiger partial charge in [0.05, 0.1) is 12.2 Å². The first-order valence-corrected chi connectivity index (χ1v) is 9.26. The molecule has 1 aromatic heterocycles. The van der Waals surface area contributed by atoms with E-state index in [1.54, 1.807) is 0 Å². The lowest BCUT2D eigenvalue weighted by molar-refractivity contribution is 0.105. The van der Waals surface area contributed by atoms with Gasteiger partial charge in [0, 0.05) is 39.5 Å². The van der Waals surface area contributed by atoms with Crippen LogP contribution in [0.15, 0.2) is 17.3 Å². The molecule has 0 radical (unpaired) electrons. The Hall–Kier alpha value is -0.830. The van der Waals surface area contributed by atoms with Crippen molar-refractivity contribution in [1.29, 1.82) is 0 Å². The van der Waals surface area contributed by atoms with Crippen LogP contribution in [0, 0.1) is 5.41 Å². The van der Waals surface area contributed by atoms with E-state index in [2.05, 4.69) is 29.6 Å². The van der Waals surface area contributed by atoms with Crippen molar-refractivity contribution in [2.24, 2.45) is 17.5 Å². The van der Waals surface area contributed by atoms with Crippen LogP contribution in [0.25, 0.3) is 0 Å². The van der Waals surface area contributed by atoms with Gasteiger partial charge in [-0.3, -0.25) is 4.68 Å². The fourth-order valence-corrected chi connectivity index (χ4v) is 3.40. The average Bonchev–Trinajstić information content (AvgIpc) is 3.20. The number of rotatable bonds is 9. The predicted molar refractivity (Wildman–Crippen MR) is 113 cm³/mol. The Labute approximate surface area is 169 Å². The molecule has 0 spiro atoms. The lowest BCUT2D eigenvalue weighted by atomic mass is 9.83. The maximum atomic E-state index is 5.60. The minimum atomic E-state index is 0. The maximum absolute atomic E-state index is 5.60. The van der Waals surface area contributed by atoms with Gasteiger partial charge in [-0.2, -0.15) is 5.10 Å². The molecule has 1 aliphatic rings. The molecule has 1 aromatic rings. The van der Waals surface area contributed by atoms with E-state index in [-0.39, 0.29) is 24.0 Å². The second-order valence-corrected chi connectivity index (χ2v) is 6.65. The Morgan fingerprint density at radius 3 is 2.68 bits per heavy atom. The molecule has 2 N–H and O–H groups in total. The summed E-state index contributed by atoms with van der Waals surface area (Å²) in [5, 5.41) is 11.1. The smallest absolute Gasteiger partial charge is 0.191 e. The number of aliphatic imine (C=N–C) groups is 1. The quantitative estimate of drug-likeness (QED) is 0.256. The molecule has 7 heteroatoms. The zero-order valence-electron chi connectivity index (χ0n) is 15.9. The number of aryl methyl sites for hydroxylation is 1. The Morgan fingerprint density at radius 2 is 2.08 bits per heavy atom. The summed E-state index contributed by atoms with van der Waals surface area (Å²) < 4.78 is 7.47. The Balaban J connectivity index is 0.00000312. The fraction of sp³-hybridized carbons (Fsp3) is 0.778. The van der Waals surface area contributed by atoms with Crippen molar-refractivity contribution in [3.05, 3.63) is 18.0 Å². The molecule has 0 aliphatic heterocycles. The number of hydrogen-bond acceptors (Lipinski definition) is 3. The summed E-state index contributed by atoms with van der Waals surface area (Å²) in [5.74, 6) is 0.890. The summed E-state index contributed by atoms with van der Waals surface area (Å²) in [6.45, 7) is 8.30. The number of aromatic nitrogens is 2. The highest BCUT2D eigenvalue weighted by Gasteiger charge is 2.33. The first-order valence-electron chi connectivity index (χ1n) is 9.26. The molecule has 0 amide bonds. The Bertz CT molecular complexity index is 511. The third-order valence-electron chi connectivity index (χ3n) is 4.94. The topological polar surface area (TPSA) is 63.5 Å². The maximum Gasteiger partial charge on any atom is 0.191 e. The van der Waals surface area contributed by atoms with E-state index < -0.39 is 0 Å². The number of ether oxygens (including phenoxy) is 1. The third-order valence-corrected chi connectivity index (χ3v) is 4.94. The first-order chi connectivity index (χ1) is 11.7. The van der Waals surface area contributed by atoms with Crippen molar-refractivity contribution < 1.29 is 4.74 Å². The summed E-state index contributed by atoms with van der Waals surface area (Å²) >= 11 is 0. The molecule has 1 fully saturated rings. The zero-order valence-corrected chi connectivity index (χ0v) is 18.2. The van der Waals surface area contributed by atoms with Gasteiger partial charge in [0.2, 0.25) is 0 Å². The summed E-state index contributed by atoms with van der Waals surface area (Å²) in [4.78, 5) is 4.71. The number of nitrogens with zero attached hydrogens (tertiary/aromatic N) is 3. The van der Waals surface area contributed by atoms with E-state index in [0.717, 1.165) is 44.4 Å². The normalized spacial score (nSPS) is 16.5. The minimum absolute atomic E-state index is 0. The molecule has 144 valence electrons. The van der Waals surface area contributed by atoms with E-state index in [4.69, 9.17) is 9.73 Å². The van der Waals surface area contributed by atoms with Gasteiger partial charge in [0.25, 0.3) is 0 Å². The lowest BCUT2D eigenvalue weighted by Gasteiger charge is -2.30. The van der Waals surface area contributed by atoms with Gasteiger partial charge in [-0.15, -0.1) is 24.0 Å². The highest BCUT2D eigenvalue weighted by atomic mass is 127. The number of guanidine groups is 1. The Kier molecular flexibility index (Phi) is 10.4. The van der Waals surface area contributed by atoms with Gasteiger partial charge in [-0.1, -0.05) is 12.8 Å². The van der Waals surface area contributed by atoms with Crippen LogP contribution in [0.4, 0.5) is 0 Å². The van der Waals surface area contributed by atoms with Crippen molar-refractivity contribution in [2.45, 2.75) is 52.5 Å². The average molecular weight is 463 g/mol. The molecule has 0 unspecified atom stereocenters. The van der Waals surface area contributed by atoms with Crippen molar-refractivity contribution >= 4 is 29.9 Å². The first kappa shape index (κ1) is 22.2. The SMILES string of the molecule is CCNC(=NCc1ccnn1C)NCC1(CCOCC)CCCC1.I. The van der Waals surface area contributed by atoms with E-state index in [0.29, 0.717) is 12.0 Å². The summed E-state index contributed by atoms with van der Waals surface area (Å²) in [7, 11) is 1.95. The van der Waals surface area contributed by atoms with E-state index in [9.17, 15) is 0 Å². The van der Waals surface area contributed by atoms with Crippen molar-refractivity contribution in [2.75, 3.05) is 26.3 Å². The molecule has 25 heavy (non-hydrogen) atoms. The molecule has 1 heterocycles. The Morgan fingerprint density at radius 1 is 1.32 bits per heavy atom. The van der Waals surface area contributed by atoms with Crippen LogP contribution in [-0.2, 0) is 18.3 Å². The van der Waals surface area contributed by atoms with Crippen LogP contribution in [-0.4, -0.2) is 42.0 Å². The second-order valence-electron chi connectivity index (χ2n) is 6.65. The van der Waals surface area contributed by atoms with Gasteiger partial charge >= 0.3 is 0 Å². The molecule has 0 saturated heterocycles. The van der Waals surface area contributed by atoms with Crippen LogP contribution in [0.2, 0.25) is 0 Å². The van der Waals surface area contributed by atoms with E-state index in [1.807, 2.05) is 24.0 Å². The molecule has 0 atom stereocenters.